The zero-order valence-electron chi connectivity index (χ0n) is 21.0. The van der Waals surface area contributed by atoms with Gasteiger partial charge in [-0.1, -0.05) is 78.8 Å². The summed E-state index contributed by atoms with van der Waals surface area (Å²) in [7, 11) is -3.68. The summed E-state index contributed by atoms with van der Waals surface area (Å²) < 4.78 is 13.0. The molecule has 0 aliphatic rings. The van der Waals surface area contributed by atoms with Crippen molar-refractivity contribution in [3.63, 3.8) is 0 Å². The normalized spacial score (nSPS) is 17.7. The lowest BCUT2D eigenvalue weighted by atomic mass is 10.0. The number of hydrogen-bond acceptors (Lipinski definition) is 3. The lowest BCUT2D eigenvalue weighted by Crippen LogP contribution is -2.45. The molecule has 0 radical (unpaired) electrons. The first kappa shape index (κ1) is 28.5. The second-order valence-corrected chi connectivity index (χ2v) is 20.7. The molecule has 3 atom stereocenters. The zero-order valence-corrected chi connectivity index (χ0v) is 23.0. The van der Waals surface area contributed by atoms with Gasteiger partial charge in [0, 0.05) is 5.92 Å². The Labute approximate surface area is 183 Å². The van der Waals surface area contributed by atoms with Crippen LogP contribution in [0, 0.1) is 5.92 Å². The largest absolute Gasteiger partial charge is 0.413 e. The molecule has 0 aliphatic heterocycles. The van der Waals surface area contributed by atoms with Crippen LogP contribution < -0.4 is 0 Å². The number of aliphatic hydroxyl groups excluding tert-OH is 1. The minimum Gasteiger partial charge on any atom is -0.413 e. The fraction of sp³-hybridized carbons (Fsp3) is 0.750. The van der Waals surface area contributed by atoms with Gasteiger partial charge in [-0.05, 0) is 42.7 Å². The average molecular weight is 441 g/mol. The van der Waals surface area contributed by atoms with Gasteiger partial charge in [0.2, 0.25) is 0 Å². The van der Waals surface area contributed by atoms with Gasteiger partial charge in [0.15, 0.2) is 16.6 Å². The van der Waals surface area contributed by atoms with E-state index in [9.17, 15) is 5.11 Å². The van der Waals surface area contributed by atoms with Gasteiger partial charge in [-0.25, -0.2) is 0 Å². The Kier molecular flexibility index (Phi) is 11.1. The van der Waals surface area contributed by atoms with Crippen LogP contribution in [-0.2, 0) is 8.85 Å². The summed E-state index contributed by atoms with van der Waals surface area (Å²) in [4.78, 5) is 0. The summed E-state index contributed by atoms with van der Waals surface area (Å²) in [6.45, 7) is 29.1. The average Bonchev–Trinajstić information content (AvgIpc) is 2.53. The Hall–Kier alpha value is -0.466. The molecular weight excluding hydrogens is 392 g/mol. The molecule has 170 valence electrons. The first-order valence-electron chi connectivity index (χ1n) is 10.9. The first-order valence-corrected chi connectivity index (χ1v) is 16.7. The van der Waals surface area contributed by atoms with Gasteiger partial charge >= 0.3 is 0 Å². The second-order valence-electron chi connectivity index (χ2n) is 11.2. The molecule has 0 rings (SSSR count). The molecule has 29 heavy (non-hydrogen) atoms. The molecule has 0 saturated carbocycles. The van der Waals surface area contributed by atoms with Crippen molar-refractivity contribution in [2.45, 2.75) is 103 Å². The molecule has 0 saturated heterocycles. The van der Waals surface area contributed by atoms with E-state index in [1.165, 1.54) is 0 Å². The summed E-state index contributed by atoms with van der Waals surface area (Å²) in [5.74, 6) is 0.160. The minimum atomic E-state index is -1.92. The lowest BCUT2D eigenvalue weighted by Gasteiger charge is -2.40. The van der Waals surface area contributed by atoms with E-state index in [1.807, 2.05) is 6.08 Å². The van der Waals surface area contributed by atoms with Crippen molar-refractivity contribution in [1.29, 1.82) is 0 Å². The van der Waals surface area contributed by atoms with Gasteiger partial charge in [-0.15, -0.1) is 6.58 Å². The van der Waals surface area contributed by atoms with Crippen LogP contribution in [-0.4, -0.2) is 40.6 Å². The summed E-state index contributed by atoms with van der Waals surface area (Å²) in [5, 5.41) is 10.3. The Balaban J connectivity index is 5.35. The van der Waals surface area contributed by atoms with E-state index in [0.717, 1.165) is 0 Å². The fourth-order valence-electron chi connectivity index (χ4n) is 2.16. The molecule has 1 N–H and O–H groups in total. The molecule has 5 heteroatoms. The molecule has 0 aromatic heterocycles. The maximum atomic E-state index is 10.00. The van der Waals surface area contributed by atoms with E-state index in [0.29, 0.717) is 13.0 Å². The predicted molar refractivity (Wildman–Crippen MR) is 133 cm³/mol. The number of rotatable bonds is 11. The molecule has 0 fully saturated rings. The quantitative estimate of drug-likeness (QED) is 0.275. The highest BCUT2D eigenvalue weighted by atomic mass is 28.4. The van der Waals surface area contributed by atoms with Crippen molar-refractivity contribution in [2.75, 3.05) is 6.61 Å². The third-order valence-corrected chi connectivity index (χ3v) is 15.4. The van der Waals surface area contributed by atoms with Crippen LogP contribution in [0.5, 0.6) is 0 Å². The Morgan fingerprint density at radius 2 is 1.41 bits per heavy atom. The molecule has 0 aromatic carbocycles. The Morgan fingerprint density at radius 1 is 0.897 bits per heavy atom. The van der Waals surface area contributed by atoms with Gasteiger partial charge in [-0.2, -0.15) is 0 Å². The highest BCUT2D eigenvalue weighted by Gasteiger charge is 2.39. The number of hydrogen-bond donors (Lipinski definition) is 1. The molecule has 0 heterocycles. The summed E-state index contributed by atoms with van der Waals surface area (Å²) >= 11 is 0. The summed E-state index contributed by atoms with van der Waals surface area (Å²) in [6, 6.07) is 0. The van der Waals surface area contributed by atoms with Gasteiger partial charge in [0.25, 0.3) is 0 Å². The van der Waals surface area contributed by atoms with Crippen molar-refractivity contribution in [3.05, 3.63) is 37.0 Å². The Morgan fingerprint density at radius 3 is 1.86 bits per heavy atom. The first-order chi connectivity index (χ1) is 12.9. The third-order valence-electron chi connectivity index (χ3n) is 6.47. The SMILES string of the molecule is C=CC[C@@H](O)C=C[C@@H](C)[C@H](/C=C/CO[Si](C)(C)C(C)(C)C)O[Si](C)(C)C(C)(C)C. The van der Waals surface area contributed by atoms with Gasteiger partial charge in [0.05, 0.1) is 18.8 Å². The van der Waals surface area contributed by atoms with Crippen molar-refractivity contribution < 1.29 is 14.0 Å². The molecule has 3 nitrogen and oxygen atoms in total. The minimum absolute atomic E-state index is 0.0360. The van der Waals surface area contributed by atoms with E-state index in [4.69, 9.17) is 8.85 Å². The summed E-state index contributed by atoms with van der Waals surface area (Å²) in [5.41, 5.74) is 0. The van der Waals surface area contributed by atoms with Crippen LogP contribution in [0.3, 0.4) is 0 Å². The van der Waals surface area contributed by atoms with E-state index in [-0.39, 0.29) is 22.1 Å². The standard InChI is InChI=1S/C24H48O3Si2/c1-13-15-21(25)18-17-20(2)22(27-29(11,12)24(6,7)8)16-14-19-26-28(9,10)23(3,4)5/h13-14,16-18,20-22,25H,1,15,19H2,2-12H3/b16-14+,18-17?/t20-,21-,22+/m1/s1. The maximum absolute atomic E-state index is 10.00. The molecule has 0 aromatic rings. The third kappa shape index (κ3) is 9.92. The van der Waals surface area contributed by atoms with Crippen LogP contribution in [0.25, 0.3) is 0 Å². The van der Waals surface area contributed by atoms with Crippen molar-refractivity contribution in [3.8, 4) is 0 Å². The second kappa shape index (κ2) is 11.2. The zero-order chi connectivity index (χ0) is 23.1. The highest BCUT2D eigenvalue weighted by Crippen LogP contribution is 2.39. The molecule has 0 amide bonds. The molecular formula is C24H48O3Si2. The fourth-order valence-corrected chi connectivity index (χ4v) is 4.44. The van der Waals surface area contributed by atoms with Crippen molar-refractivity contribution in [1.82, 2.24) is 0 Å². The topological polar surface area (TPSA) is 38.7 Å². The van der Waals surface area contributed by atoms with E-state index >= 15 is 0 Å². The molecule has 0 unspecified atom stereocenters. The molecule has 0 bridgehead atoms. The van der Waals surface area contributed by atoms with Crippen LogP contribution >= 0.6 is 0 Å². The van der Waals surface area contributed by atoms with Crippen LogP contribution in [0.2, 0.25) is 36.3 Å². The van der Waals surface area contributed by atoms with Crippen LogP contribution in [0.4, 0.5) is 0 Å². The smallest absolute Gasteiger partial charge is 0.192 e. The van der Waals surface area contributed by atoms with E-state index in [1.54, 1.807) is 6.08 Å². The highest BCUT2D eigenvalue weighted by molar-refractivity contribution is 6.74. The summed E-state index contributed by atoms with van der Waals surface area (Å²) in [6.07, 6.45) is 9.96. The maximum Gasteiger partial charge on any atom is 0.192 e. The van der Waals surface area contributed by atoms with E-state index < -0.39 is 22.7 Å². The predicted octanol–water partition coefficient (Wildman–Crippen LogP) is 7.08. The van der Waals surface area contributed by atoms with Crippen molar-refractivity contribution in [2.24, 2.45) is 5.92 Å². The van der Waals surface area contributed by atoms with Gasteiger partial charge < -0.3 is 14.0 Å². The Bertz CT molecular complexity index is 551. The van der Waals surface area contributed by atoms with Crippen molar-refractivity contribution >= 4 is 16.6 Å². The lowest BCUT2D eigenvalue weighted by molar-refractivity contribution is 0.186. The monoisotopic (exact) mass is 440 g/mol. The number of aliphatic hydroxyl groups is 1. The molecule has 0 spiro atoms. The van der Waals surface area contributed by atoms with Crippen LogP contribution in [0.1, 0.15) is 54.9 Å². The van der Waals surface area contributed by atoms with Crippen LogP contribution in [0.15, 0.2) is 37.0 Å². The van der Waals surface area contributed by atoms with Gasteiger partial charge in [0.1, 0.15) is 0 Å². The van der Waals surface area contributed by atoms with Gasteiger partial charge in [-0.3, -0.25) is 0 Å². The van der Waals surface area contributed by atoms with E-state index in [2.05, 4.69) is 99.5 Å². The molecule has 0 aliphatic carbocycles.